The molecule has 2 N–H and O–H groups in total. The van der Waals surface area contributed by atoms with Crippen LogP contribution >= 0.6 is 0 Å². The van der Waals surface area contributed by atoms with Gasteiger partial charge in [0.25, 0.3) is 0 Å². The van der Waals surface area contributed by atoms with Crippen molar-refractivity contribution in [1.29, 1.82) is 0 Å². The Balaban J connectivity index is 1.13. The van der Waals surface area contributed by atoms with Crippen molar-refractivity contribution in [2.75, 3.05) is 52.9 Å². The Morgan fingerprint density at radius 3 is 1.20 bits per heavy atom. The number of carbonyl (C=O) groups is 2. The Hall–Kier alpha value is -2.92. The summed E-state index contributed by atoms with van der Waals surface area (Å²) in [4.78, 5) is 23.4. The molecule has 298 valence electrons. The minimum absolute atomic E-state index is 0.000314. The van der Waals surface area contributed by atoms with Crippen molar-refractivity contribution >= 4 is 11.9 Å². The van der Waals surface area contributed by atoms with Gasteiger partial charge in [-0.25, -0.2) is 9.59 Å². The van der Waals surface area contributed by atoms with Gasteiger partial charge in [-0.1, -0.05) is 13.2 Å². The molecule has 0 spiro atoms. The Bertz CT molecular complexity index is 1360. The van der Waals surface area contributed by atoms with Crippen molar-refractivity contribution in [3.63, 3.8) is 0 Å². The zero-order valence-corrected chi connectivity index (χ0v) is 32.5. The summed E-state index contributed by atoms with van der Waals surface area (Å²) in [6.45, 7) is 11.2. The van der Waals surface area contributed by atoms with E-state index in [-0.39, 0.29) is 63.7 Å². The number of hydrogen-bond acceptors (Lipinski definition) is 10. The second-order valence-corrected chi connectivity index (χ2v) is 18.1. The van der Waals surface area contributed by atoms with Gasteiger partial charge in [-0.05, 0) is 139 Å². The second kappa shape index (κ2) is 16.7. The monoisotopic (exact) mass is 750 g/mol. The molecule has 54 heavy (non-hydrogen) atoms. The molecular weight excluding hydrogens is 688 g/mol. The second-order valence-electron chi connectivity index (χ2n) is 18.1. The zero-order chi connectivity index (χ0) is 38.0. The molecule has 0 saturated heterocycles. The lowest BCUT2D eigenvalue weighted by atomic mass is 9.44. The van der Waals surface area contributed by atoms with Crippen molar-refractivity contribution in [3.8, 4) is 11.5 Å². The Labute approximate surface area is 320 Å². The molecule has 8 fully saturated rings. The van der Waals surface area contributed by atoms with Gasteiger partial charge >= 0.3 is 11.9 Å². The molecule has 8 saturated carbocycles. The maximum atomic E-state index is 11.7. The highest BCUT2D eigenvalue weighted by atomic mass is 16.6. The van der Waals surface area contributed by atoms with Gasteiger partial charge in [0, 0.05) is 33.1 Å². The van der Waals surface area contributed by atoms with Gasteiger partial charge in [0.1, 0.15) is 50.1 Å². The first kappa shape index (κ1) is 39.3. The molecular formula is C44H62O10. The van der Waals surface area contributed by atoms with Crippen LogP contribution in [0.5, 0.6) is 11.5 Å². The molecule has 1 aromatic rings. The van der Waals surface area contributed by atoms with Crippen LogP contribution in [0.1, 0.15) is 102 Å². The third-order valence-electron chi connectivity index (χ3n) is 13.4. The average molecular weight is 751 g/mol. The van der Waals surface area contributed by atoms with Crippen molar-refractivity contribution in [1.82, 2.24) is 0 Å². The smallest absolute Gasteiger partial charge is 0.333 e. The molecule has 8 bridgehead atoms. The van der Waals surface area contributed by atoms with E-state index in [1.54, 1.807) is 13.8 Å². The summed E-state index contributed by atoms with van der Waals surface area (Å²) in [6, 6.07) is 4.10. The molecule has 0 aliphatic heterocycles. The number of carbonyl (C=O) groups excluding carboxylic acids is 2. The topological polar surface area (TPSA) is 130 Å². The summed E-state index contributed by atoms with van der Waals surface area (Å²) < 4.78 is 35.0. The molecule has 0 aromatic heterocycles. The quantitative estimate of drug-likeness (QED) is 0.0881. The number of aliphatic hydroxyl groups is 2. The van der Waals surface area contributed by atoms with E-state index in [1.165, 1.54) is 88.2 Å². The molecule has 2 unspecified atom stereocenters. The standard InChI is InChI=1S/C44H62O10/c1-27(2)41(47)51-9-7-49-23-35(45)25-53-37-5-6-38(54-26-36(46)24-50-8-10-52-42(48)28(3)4)40(44-20-32-14-33(21-44)16-34(15-32)22-44)39(37)43-17-29-11-30(18-43)13-31(12-29)19-43/h5-6,29-36,45-46H,1,3,7-26H2,2,4H3. The molecule has 1 aromatic carbocycles. The summed E-state index contributed by atoms with van der Waals surface area (Å²) in [5, 5.41) is 22.0. The van der Waals surface area contributed by atoms with Crippen LogP contribution in [0.4, 0.5) is 0 Å². The van der Waals surface area contributed by atoms with E-state index in [0.29, 0.717) is 11.1 Å². The van der Waals surface area contributed by atoms with Crippen LogP contribution in [0.3, 0.4) is 0 Å². The van der Waals surface area contributed by atoms with Gasteiger partial charge < -0.3 is 38.6 Å². The Morgan fingerprint density at radius 2 is 0.907 bits per heavy atom. The van der Waals surface area contributed by atoms with Gasteiger partial charge in [0.05, 0.1) is 26.4 Å². The summed E-state index contributed by atoms with van der Waals surface area (Å²) >= 11 is 0. The van der Waals surface area contributed by atoms with Crippen molar-refractivity contribution < 1.29 is 48.2 Å². The van der Waals surface area contributed by atoms with Crippen molar-refractivity contribution in [2.24, 2.45) is 35.5 Å². The van der Waals surface area contributed by atoms with E-state index >= 15 is 0 Å². The number of ether oxygens (including phenoxy) is 6. The van der Waals surface area contributed by atoms with E-state index in [2.05, 4.69) is 25.3 Å². The maximum absolute atomic E-state index is 11.7. The van der Waals surface area contributed by atoms with Gasteiger partial charge in [-0.15, -0.1) is 0 Å². The maximum Gasteiger partial charge on any atom is 0.333 e. The predicted octanol–water partition coefficient (Wildman–Crippen LogP) is 6.37. The third-order valence-corrected chi connectivity index (χ3v) is 13.4. The minimum Gasteiger partial charge on any atom is -0.490 e. The number of hydrogen-bond donors (Lipinski definition) is 2. The Kier molecular flexibility index (Phi) is 12.1. The van der Waals surface area contributed by atoms with Crippen LogP contribution in [0.25, 0.3) is 0 Å². The Morgan fingerprint density at radius 1 is 0.593 bits per heavy atom. The van der Waals surface area contributed by atoms with Gasteiger partial charge in [0.15, 0.2) is 0 Å². The molecule has 8 aliphatic carbocycles. The van der Waals surface area contributed by atoms with Crippen molar-refractivity contribution in [3.05, 3.63) is 47.6 Å². The van der Waals surface area contributed by atoms with Gasteiger partial charge in [-0.3, -0.25) is 0 Å². The molecule has 10 nitrogen and oxygen atoms in total. The van der Waals surface area contributed by atoms with E-state index in [0.717, 1.165) is 47.0 Å². The van der Waals surface area contributed by atoms with E-state index in [1.807, 2.05) is 0 Å². The molecule has 0 radical (unpaired) electrons. The lowest BCUT2D eigenvalue weighted by Crippen LogP contribution is -2.52. The molecule has 8 aliphatic rings. The normalized spacial score (nSPS) is 32.6. The van der Waals surface area contributed by atoms with Gasteiger partial charge in [-0.2, -0.15) is 0 Å². The SMILES string of the molecule is C=C(C)C(=O)OCCOCC(O)COc1ccc(OCC(O)COCCOC(=O)C(=C)C)c(C23CC4CC(CC(C4)C2)C3)c1C12CC3CC(CC(C3)C1)C2. The lowest BCUT2D eigenvalue weighted by molar-refractivity contribution is -0.141. The summed E-state index contributed by atoms with van der Waals surface area (Å²) in [5.41, 5.74) is 3.32. The summed E-state index contributed by atoms with van der Waals surface area (Å²) in [5.74, 6) is 5.17. The molecule has 9 rings (SSSR count). The number of benzene rings is 1. The third kappa shape index (κ3) is 8.72. The van der Waals surface area contributed by atoms with Crippen LogP contribution in [0.15, 0.2) is 36.4 Å². The fraction of sp³-hybridized carbons (Fsp3) is 0.727. The number of esters is 2. The first-order chi connectivity index (χ1) is 25.9. The van der Waals surface area contributed by atoms with E-state index in [4.69, 9.17) is 28.4 Å². The van der Waals surface area contributed by atoms with Crippen LogP contribution < -0.4 is 9.47 Å². The van der Waals surface area contributed by atoms with Crippen molar-refractivity contribution in [2.45, 2.75) is 114 Å². The summed E-state index contributed by atoms with van der Waals surface area (Å²) in [7, 11) is 0. The van der Waals surface area contributed by atoms with Crippen LogP contribution in [0.2, 0.25) is 0 Å². The number of rotatable bonds is 20. The fourth-order valence-corrected chi connectivity index (χ4v) is 12.2. The predicted molar refractivity (Wildman–Crippen MR) is 202 cm³/mol. The van der Waals surface area contributed by atoms with Crippen LogP contribution in [-0.2, 0) is 39.4 Å². The largest absolute Gasteiger partial charge is 0.490 e. The highest BCUT2D eigenvalue weighted by Gasteiger charge is 2.58. The first-order valence-electron chi connectivity index (χ1n) is 20.5. The molecule has 0 heterocycles. The fourth-order valence-electron chi connectivity index (χ4n) is 12.2. The van der Waals surface area contributed by atoms with Crippen LogP contribution in [-0.4, -0.2) is 87.2 Å². The summed E-state index contributed by atoms with van der Waals surface area (Å²) in [6.07, 6.45) is 13.2. The van der Waals surface area contributed by atoms with E-state index in [9.17, 15) is 19.8 Å². The zero-order valence-electron chi connectivity index (χ0n) is 32.5. The molecule has 2 atom stereocenters. The molecule has 10 heteroatoms. The lowest BCUT2D eigenvalue weighted by Gasteiger charge is -2.61. The highest BCUT2D eigenvalue weighted by molar-refractivity contribution is 5.87. The number of aliphatic hydroxyl groups excluding tert-OH is 2. The minimum atomic E-state index is -0.857. The molecule has 0 amide bonds. The average Bonchev–Trinajstić information content (AvgIpc) is 3.11. The van der Waals surface area contributed by atoms with Crippen LogP contribution in [0, 0.1) is 35.5 Å². The van der Waals surface area contributed by atoms with E-state index < -0.39 is 24.1 Å². The highest BCUT2D eigenvalue weighted by Crippen LogP contribution is 2.68. The first-order valence-corrected chi connectivity index (χ1v) is 20.5. The van der Waals surface area contributed by atoms with Gasteiger partial charge in [0.2, 0.25) is 0 Å².